The number of anilines is 1. The topological polar surface area (TPSA) is 73.3 Å². The summed E-state index contributed by atoms with van der Waals surface area (Å²) in [5, 5.41) is 2.82. The van der Waals surface area contributed by atoms with Crippen LogP contribution in [0.15, 0.2) is 36.8 Å². The van der Waals surface area contributed by atoms with Gasteiger partial charge in [0.15, 0.2) is 0 Å². The number of nitrogens with zero attached hydrogens (tertiary/aromatic N) is 2. The highest BCUT2D eigenvalue weighted by atomic mass is 16.5. The molecule has 0 unspecified atom stereocenters. The molecule has 1 fully saturated rings. The Morgan fingerprint density at radius 1 is 1.36 bits per heavy atom. The lowest BCUT2D eigenvalue weighted by molar-refractivity contribution is 0.102. The molecule has 6 heteroatoms. The molecule has 1 saturated heterocycles. The van der Waals surface area contributed by atoms with Gasteiger partial charge in [0.1, 0.15) is 6.10 Å². The lowest BCUT2D eigenvalue weighted by atomic mass is 10.2. The van der Waals surface area contributed by atoms with Crippen LogP contribution in [0.5, 0.6) is 5.88 Å². The number of hydrogen-bond acceptors (Lipinski definition) is 5. The van der Waals surface area contributed by atoms with Gasteiger partial charge < -0.3 is 14.8 Å². The summed E-state index contributed by atoms with van der Waals surface area (Å²) >= 11 is 0. The fourth-order valence-electron chi connectivity index (χ4n) is 2.15. The molecule has 3 heterocycles. The van der Waals surface area contributed by atoms with E-state index >= 15 is 0 Å². The first-order valence-corrected chi connectivity index (χ1v) is 7.15. The van der Waals surface area contributed by atoms with E-state index in [4.69, 9.17) is 9.47 Å². The Morgan fingerprint density at radius 2 is 2.27 bits per heavy atom. The van der Waals surface area contributed by atoms with Crippen LogP contribution in [0.4, 0.5) is 5.69 Å². The van der Waals surface area contributed by atoms with Gasteiger partial charge in [0.25, 0.3) is 5.91 Å². The van der Waals surface area contributed by atoms with E-state index in [1.54, 1.807) is 24.5 Å². The highest BCUT2D eigenvalue weighted by molar-refractivity contribution is 6.04. The van der Waals surface area contributed by atoms with Crippen molar-refractivity contribution in [2.75, 3.05) is 18.5 Å². The van der Waals surface area contributed by atoms with Crippen LogP contribution in [0.25, 0.3) is 0 Å². The first-order chi connectivity index (χ1) is 10.7. The number of aromatic nitrogens is 2. The van der Waals surface area contributed by atoms with Gasteiger partial charge in [-0.25, -0.2) is 4.98 Å². The van der Waals surface area contributed by atoms with Crippen LogP contribution in [0.2, 0.25) is 0 Å². The van der Waals surface area contributed by atoms with Crippen LogP contribution >= 0.6 is 0 Å². The van der Waals surface area contributed by atoms with E-state index in [-0.39, 0.29) is 12.0 Å². The van der Waals surface area contributed by atoms with E-state index in [1.807, 2.05) is 13.0 Å². The van der Waals surface area contributed by atoms with Crippen LogP contribution in [0, 0.1) is 6.92 Å². The minimum Gasteiger partial charge on any atom is -0.472 e. The lowest BCUT2D eigenvalue weighted by Gasteiger charge is -2.11. The maximum atomic E-state index is 12.2. The number of carbonyl (C=O) groups excluding carboxylic acids is 1. The zero-order valence-electron chi connectivity index (χ0n) is 12.3. The van der Waals surface area contributed by atoms with Gasteiger partial charge in [-0.3, -0.25) is 9.78 Å². The Bertz CT molecular complexity index is 652. The normalized spacial score (nSPS) is 17.2. The Labute approximate surface area is 128 Å². The summed E-state index contributed by atoms with van der Waals surface area (Å²) in [6.07, 6.45) is 5.73. The Morgan fingerprint density at radius 3 is 2.95 bits per heavy atom. The fourth-order valence-corrected chi connectivity index (χ4v) is 2.15. The average molecular weight is 299 g/mol. The second kappa shape index (κ2) is 6.53. The summed E-state index contributed by atoms with van der Waals surface area (Å²) in [4.78, 5) is 20.4. The molecule has 2 aromatic rings. The minimum atomic E-state index is -0.223. The zero-order valence-corrected chi connectivity index (χ0v) is 12.3. The van der Waals surface area contributed by atoms with Crippen molar-refractivity contribution in [3.8, 4) is 5.88 Å². The molecule has 114 valence electrons. The van der Waals surface area contributed by atoms with Crippen molar-refractivity contribution in [3.05, 3.63) is 47.9 Å². The van der Waals surface area contributed by atoms with Crippen LogP contribution in [-0.4, -0.2) is 35.2 Å². The minimum absolute atomic E-state index is 0.0465. The maximum Gasteiger partial charge on any atom is 0.257 e. The third-order valence-electron chi connectivity index (χ3n) is 3.46. The molecule has 22 heavy (non-hydrogen) atoms. The Kier molecular flexibility index (Phi) is 4.29. The monoisotopic (exact) mass is 299 g/mol. The Hall–Kier alpha value is -2.47. The molecule has 1 aliphatic heterocycles. The molecule has 3 rings (SSSR count). The number of rotatable bonds is 4. The van der Waals surface area contributed by atoms with Gasteiger partial charge in [0.05, 0.1) is 30.7 Å². The van der Waals surface area contributed by atoms with Gasteiger partial charge in [-0.05, 0) is 24.6 Å². The highest BCUT2D eigenvalue weighted by Gasteiger charge is 2.18. The number of carbonyl (C=O) groups is 1. The van der Waals surface area contributed by atoms with Crippen LogP contribution in [0.3, 0.4) is 0 Å². The van der Waals surface area contributed by atoms with Crippen LogP contribution in [0.1, 0.15) is 22.3 Å². The molecular formula is C16H17N3O3. The second-order valence-corrected chi connectivity index (χ2v) is 5.13. The summed E-state index contributed by atoms with van der Waals surface area (Å²) in [7, 11) is 0. The van der Waals surface area contributed by atoms with Gasteiger partial charge >= 0.3 is 0 Å². The molecule has 0 saturated carbocycles. The maximum absolute atomic E-state index is 12.2. The third-order valence-corrected chi connectivity index (χ3v) is 3.46. The molecule has 1 aliphatic rings. The molecule has 6 nitrogen and oxygen atoms in total. The SMILES string of the molecule is Cc1ccncc1NC(=O)c1ccc(O[C@@H]2CCOC2)nc1. The summed E-state index contributed by atoms with van der Waals surface area (Å²) < 4.78 is 10.9. The van der Waals surface area contributed by atoms with Crippen molar-refractivity contribution in [2.24, 2.45) is 0 Å². The molecular weight excluding hydrogens is 282 g/mol. The van der Waals surface area contributed by atoms with E-state index in [0.29, 0.717) is 23.7 Å². The highest BCUT2D eigenvalue weighted by Crippen LogP contribution is 2.16. The summed E-state index contributed by atoms with van der Waals surface area (Å²) in [5.74, 6) is 0.281. The first kappa shape index (κ1) is 14.5. The van der Waals surface area contributed by atoms with E-state index in [0.717, 1.165) is 18.6 Å². The van der Waals surface area contributed by atoms with Crippen molar-refractivity contribution in [2.45, 2.75) is 19.4 Å². The molecule has 0 bridgehead atoms. The zero-order chi connectivity index (χ0) is 15.4. The van der Waals surface area contributed by atoms with E-state index in [1.165, 1.54) is 6.20 Å². The molecule has 2 aromatic heterocycles. The molecule has 0 radical (unpaired) electrons. The smallest absolute Gasteiger partial charge is 0.257 e. The van der Waals surface area contributed by atoms with Crippen molar-refractivity contribution in [3.63, 3.8) is 0 Å². The average Bonchev–Trinajstić information content (AvgIpc) is 3.03. The van der Waals surface area contributed by atoms with E-state index < -0.39 is 0 Å². The van der Waals surface area contributed by atoms with E-state index in [2.05, 4.69) is 15.3 Å². The van der Waals surface area contributed by atoms with Gasteiger partial charge in [0, 0.05) is 24.9 Å². The number of amides is 1. The van der Waals surface area contributed by atoms with Crippen molar-refractivity contribution < 1.29 is 14.3 Å². The van der Waals surface area contributed by atoms with Gasteiger partial charge in [-0.15, -0.1) is 0 Å². The molecule has 1 amide bonds. The van der Waals surface area contributed by atoms with Gasteiger partial charge in [-0.1, -0.05) is 0 Å². The molecule has 0 spiro atoms. The lowest BCUT2D eigenvalue weighted by Crippen LogP contribution is -2.17. The first-order valence-electron chi connectivity index (χ1n) is 7.15. The number of hydrogen-bond donors (Lipinski definition) is 1. The number of pyridine rings is 2. The summed E-state index contributed by atoms with van der Waals surface area (Å²) in [5.41, 5.74) is 2.12. The molecule has 0 aromatic carbocycles. The van der Waals surface area contributed by atoms with Crippen molar-refractivity contribution in [1.82, 2.24) is 9.97 Å². The van der Waals surface area contributed by atoms with Crippen molar-refractivity contribution in [1.29, 1.82) is 0 Å². The molecule has 0 aliphatic carbocycles. The predicted octanol–water partition coefficient (Wildman–Crippen LogP) is 2.21. The summed E-state index contributed by atoms with van der Waals surface area (Å²) in [6, 6.07) is 5.23. The molecule has 1 atom stereocenters. The Balaban J connectivity index is 1.64. The quantitative estimate of drug-likeness (QED) is 0.937. The third kappa shape index (κ3) is 3.40. The number of aryl methyl sites for hydroxylation is 1. The number of nitrogens with one attached hydrogen (secondary N) is 1. The summed E-state index contributed by atoms with van der Waals surface area (Å²) in [6.45, 7) is 3.22. The second-order valence-electron chi connectivity index (χ2n) is 5.13. The van der Waals surface area contributed by atoms with Gasteiger partial charge in [-0.2, -0.15) is 0 Å². The van der Waals surface area contributed by atoms with Crippen molar-refractivity contribution >= 4 is 11.6 Å². The largest absolute Gasteiger partial charge is 0.472 e. The number of ether oxygens (including phenoxy) is 2. The molecule has 1 N–H and O–H groups in total. The fraction of sp³-hybridized carbons (Fsp3) is 0.312. The predicted molar refractivity (Wildman–Crippen MR) is 81.0 cm³/mol. The van der Waals surface area contributed by atoms with E-state index in [9.17, 15) is 4.79 Å². The van der Waals surface area contributed by atoms with Gasteiger partial charge in [0.2, 0.25) is 5.88 Å². The van der Waals surface area contributed by atoms with Crippen LogP contribution in [-0.2, 0) is 4.74 Å². The standard InChI is InChI=1S/C16H17N3O3/c1-11-4-6-17-9-14(11)19-16(20)12-2-3-15(18-8-12)22-13-5-7-21-10-13/h2-4,6,8-9,13H,5,7,10H2,1H3,(H,19,20)/t13-/m1/s1. The van der Waals surface area contributed by atoms with Crippen LogP contribution < -0.4 is 10.1 Å².